The fraction of sp³-hybridized carbons (Fsp3) is 0.250. The van der Waals surface area contributed by atoms with Crippen molar-refractivity contribution in [2.24, 2.45) is 0 Å². The zero-order valence-electron chi connectivity index (χ0n) is 18.3. The van der Waals surface area contributed by atoms with Gasteiger partial charge in [0, 0.05) is 43.6 Å². The van der Waals surface area contributed by atoms with Crippen molar-refractivity contribution >= 4 is 21.6 Å². The summed E-state index contributed by atoms with van der Waals surface area (Å²) in [5.74, 6) is -0.0273. The van der Waals surface area contributed by atoms with Crippen LogP contribution in [0, 0.1) is 0 Å². The number of rotatable bonds is 7. The maximum Gasteiger partial charge on any atom is 0.254 e. The van der Waals surface area contributed by atoms with Gasteiger partial charge in [0.1, 0.15) is 10.6 Å². The Morgan fingerprint density at radius 3 is 2.39 bits per heavy atom. The van der Waals surface area contributed by atoms with Crippen molar-refractivity contribution in [3.63, 3.8) is 0 Å². The summed E-state index contributed by atoms with van der Waals surface area (Å²) < 4.78 is 33.8. The van der Waals surface area contributed by atoms with E-state index in [0.717, 1.165) is 5.69 Å². The number of benzene rings is 2. The third kappa shape index (κ3) is 5.32. The summed E-state index contributed by atoms with van der Waals surface area (Å²) in [7, 11) is -2.53. The van der Waals surface area contributed by atoms with Crippen molar-refractivity contribution in [3.8, 4) is 5.75 Å². The molecule has 3 aromatic rings. The van der Waals surface area contributed by atoms with E-state index in [4.69, 9.17) is 4.74 Å². The van der Waals surface area contributed by atoms with Crippen LogP contribution in [0.5, 0.6) is 5.75 Å². The number of sulfonamides is 1. The number of pyridine rings is 1. The Hall–Kier alpha value is -3.43. The number of carbonyl (C=O) groups excluding carboxylic acids is 1. The maximum atomic E-state index is 13.1. The molecule has 0 atom stereocenters. The Morgan fingerprint density at radius 2 is 1.73 bits per heavy atom. The van der Waals surface area contributed by atoms with Gasteiger partial charge in [0.15, 0.2) is 0 Å². The average Bonchev–Trinajstić information content (AvgIpc) is 2.88. The molecule has 1 amide bonds. The van der Waals surface area contributed by atoms with Gasteiger partial charge in [0.25, 0.3) is 5.91 Å². The first kappa shape index (κ1) is 22.8. The number of ether oxygens (including phenoxy) is 1. The van der Waals surface area contributed by atoms with Crippen LogP contribution in [0.4, 0.5) is 5.69 Å². The second-order valence-corrected chi connectivity index (χ2v) is 9.36. The summed E-state index contributed by atoms with van der Waals surface area (Å²) in [5, 5.41) is 0. The van der Waals surface area contributed by atoms with Crippen molar-refractivity contribution < 1.29 is 17.9 Å². The molecule has 1 saturated heterocycles. The second-order valence-electron chi connectivity index (χ2n) is 7.63. The molecule has 0 aliphatic carbocycles. The van der Waals surface area contributed by atoms with Crippen molar-refractivity contribution in [3.05, 3.63) is 84.2 Å². The van der Waals surface area contributed by atoms with E-state index in [9.17, 15) is 13.2 Å². The minimum Gasteiger partial charge on any atom is -0.495 e. The smallest absolute Gasteiger partial charge is 0.254 e. The molecular formula is C24H26N4O4S. The van der Waals surface area contributed by atoms with Gasteiger partial charge in [-0.2, -0.15) is 0 Å². The molecule has 1 aromatic heterocycles. The predicted molar refractivity (Wildman–Crippen MR) is 126 cm³/mol. The van der Waals surface area contributed by atoms with E-state index in [1.807, 2.05) is 18.2 Å². The van der Waals surface area contributed by atoms with E-state index < -0.39 is 10.0 Å². The fourth-order valence-electron chi connectivity index (χ4n) is 3.76. The van der Waals surface area contributed by atoms with Gasteiger partial charge >= 0.3 is 0 Å². The average molecular weight is 467 g/mol. The number of hydrogen-bond acceptors (Lipinski definition) is 6. The van der Waals surface area contributed by atoms with Crippen LogP contribution in [0.2, 0.25) is 0 Å². The minimum absolute atomic E-state index is 0.0337. The molecule has 1 aliphatic rings. The molecule has 0 radical (unpaired) electrons. The van der Waals surface area contributed by atoms with Crippen molar-refractivity contribution in [1.82, 2.24) is 14.6 Å². The van der Waals surface area contributed by atoms with Crippen LogP contribution in [0.15, 0.2) is 77.8 Å². The highest BCUT2D eigenvalue weighted by atomic mass is 32.2. The van der Waals surface area contributed by atoms with E-state index in [0.29, 0.717) is 37.4 Å². The zero-order valence-corrected chi connectivity index (χ0v) is 19.2. The van der Waals surface area contributed by atoms with Crippen LogP contribution in [0.25, 0.3) is 0 Å². The summed E-state index contributed by atoms with van der Waals surface area (Å²) in [6.07, 6.45) is 1.60. The summed E-state index contributed by atoms with van der Waals surface area (Å²) in [6, 6.07) is 19.8. The molecule has 9 heteroatoms. The van der Waals surface area contributed by atoms with Crippen molar-refractivity contribution in [1.29, 1.82) is 0 Å². The standard InChI is InChI=1S/C24H26N4O4S/c1-32-22-11-10-19(17-23(22)33(30,31)26-18-20-7-5-6-12-25-20)24(29)28-15-13-27(14-16-28)21-8-3-2-4-9-21/h2-12,17,26H,13-16,18H2,1H3. The van der Waals surface area contributed by atoms with Gasteiger partial charge in [-0.05, 0) is 42.5 Å². The second kappa shape index (κ2) is 10.0. The Morgan fingerprint density at radius 1 is 1.00 bits per heavy atom. The van der Waals surface area contributed by atoms with Crippen LogP contribution >= 0.6 is 0 Å². The first-order valence-electron chi connectivity index (χ1n) is 10.6. The van der Waals surface area contributed by atoms with Crippen molar-refractivity contribution in [2.45, 2.75) is 11.4 Å². The molecule has 0 saturated carbocycles. The number of carbonyl (C=O) groups is 1. The van der Waals surface area contributed by atoms with Crippen LogP contribution in [-0.4, -0.2) is 57.5 Å². The van der Waals surface area contributed by atoms with E-state index >= 15 is 0 Å². The normalized spacial score (nSPS) is 14.2. The van der Waals surface area contributed by atoms with Gasteiger partial charge in [-0.15, -0.1) is 0 Å². The van der Waals surface area contributed by atoms with Gasteiger partial charge in [0.05, 0.1) is 19.3 Å². The lowest BCUT2D eigenvalue weighted by atomic mass is 10.1. The summed E-state index contributed by atoms with van der Waals surface area (Å²) in [4.78, 5) is 21.2. The first-order chi connectivity index (χ1) is 16.0. The number of piperazine rings is 1. The number of methoxy groups -OCH3 is 1. The first-order valence-corrected chi connectivity index (χ1v) is 12.1. The number of para-hydroxylation sites is 1. The van der Waals surface area contributed by atoms with E-state index in [1.54, 1.807) is 35.4 Å². The Labute approximate surface area is 193 Å². The van der Waals surface area contributed by atoms with Gasteiger partial charge in [-0.3, -0.25) is 9.78 Å². The van der Waals surface area contributed by atoms with Crippen molar-refractivity contribution in [2.75, 3.05) is 38.2 Å². The lowest BCUT2D eigenvalue weighted by Crippen LogP contribution is -2.48. The molecule has 2 heterocycles. The maximum absolute atomic E-state index is 13.1. The third-order valence-electron chi connectivity index (χ3n) is 5.56. The highest BCUT2D eigenvalue weighted by Crippen LogP contribution is 2.26. The highest BCUT2D eigenvalue weighted by Gasteiger charge is 2.26. The zero-order chi connectivity index (χ0) is 23.3. The Kier molecular flexibility index (Phi) is 6.90. The third-order valence-corrected chi connectivity index (χ3v) is 6.98. The number of anilines is 1. The molecule has 8 nitrogen and oxygen atoms in total. The number of nitrogens with one attached hydrogen (secondary N) is 1. The molecule has 33 heavy (non-hydrogen) atoms. The quantitative estimate of drug-likeness (QED) is 0.575. The van der Waals surface area contributed by atoms with Crippen LogP contribution < -0.4 is 14.4 Å². The summed E-state index contributed by atoms with van der Waals surface area (Å²) in [5.41, 5.74) is 2.02. The van der Waals surface area contributed by atoms with Gasteiger partial charge in [-0.1, -0.05) is 24.3 Å². The number of amides is 1. The molecule has 172 valence electrons. The molecular weight excluding hydrogens is 440 g/mol. The lowest BCUT2D eigenvalue weighted by Gasteiger charge is -2.36. The van der Waals surface area contributed by atoms with Crippen LogP contribution in [0.1, 0.15) is 16.1 Å². The molecule has 1 fully saturated rings. The highest BCUT2D eigenvalue weighted by molar-refractivity contribution is 7.89. The van der Waals surface area contributed by atoms with Crippen LogP contribution in [0.3, 0.4) is 0 Å². The molecule has 1 N–H and O–H groups in total. The van der Waals surface area contributed by atoms with E-state index in [1.165, 1.54) is 19.2 Å². The number of aromatic nitrogens is 1. The molecule has 4 rings (SSSR count). The lowest BCUT2D eigenvalue weighted by molar-refractivity contribution is 0.0746. The summed E-state index contributed by atoms with van der Waals surface area (Å²) >= 11 is 0. The molecule has 0 bridgehead atoms. The molecule has 0 unspecified atom stereocenters. The largest absolute Gasteiger partial charge is 0.495 e. The van der Waals surface area contributed by atoms with E-state index in [-0.39, 0.29) is 23.1 Å². The monoisotopic (exact) mass is 466 g/mol. The SMILES string of the molecule is COc1ccc(C(=O)N2CCN(c3ccccc3)CC2)cc1S(=O)(=O)NCc1ccccn1. The Bertz CT molecular complexity index is 1200. The van der Waals surface area contributed by atoms with Gasteiger partial charge in [0.2, 0.25) is 10.0 Å². The minimum atomic E-state index is -3.93. The number of nitrogens with zero attached hydrogens (tertiary/aromatic N) is 3. The molecule has 0 spiro atoms. The fourth-order valence-corrected chi connectivity index (χ4v) is 4.95. The topological polar surface area (TPSA) is 91.8 Å². The Balaban J connectivity index is 1.48. The van der Waals surface area contributed by atoms with Gasteiger partial charge in [-0.25, -0.2) is 13.1 Å². The predicted octanol–water partition coefficient (Wildman–Crippen LogP) is 2.53. The molecule has 2 aromatic carbocycles. The summed E-state index contributed by atoms with van der Waals surface area (Å²) in [6.45, 7) is 2.57. The molecule has 1 aliphatic heterocycles. The van der Waals surface area contributed by atoms with Crippen LogP contribution in [-0.2, 0) is 16.6 Å². The number of hydrogen-bond donors (Lipinski definition) is 1. The van der Waals surface area contributed by atoms with Gasteiger partial charge < -0.3 is 14.5 Å². The van der Waals surface area contributed by atoms with E-state index in [2.05, 4.69) is 26.7 Å².